The van der Waals surface area contributed by atoms with E-state index in [-0.39, 0.29) is 5.91 Å². The molecule has 2 bridgehead atoms. The number of halogens is 1. The van der Waals surface area contributed by atoms with Crippen LogP contribution in [0, 0.1) is 5.92 Å². The second kappa shape index (κ2) is 5.85. The molecule has 3 aliphatic rings. The first-order valence-corrected chi connectivity index (χ1v) is 7.79. The summed E-state index contributed by atoms with van der Waals surface area (Å²) in [6, 6.07) is 5.60. The van der Waals surface area contributed by atoms with Gasteiger partial charge in [-0.15, -0.1) is 0 Å². The highest BCUT2D eigenvalue weighted by Gasteiger charge is 2.36. The first kappa shape index (κ1) is 14.7. The van der Waals surface area contributed by atoms with Gasteiger partial charge in [-0.3, -0.25) is 4.79 Å². The topological polar surface area (TPSA) is 32.8 Å². The fourth-order valence-electron chi connectivity index (χ4n) is 3.53. The Kier molecular flexibility index (Phi) is 4.09. The van der Waals surface area contributed by atoms with Gasteiger partial charge in [0.2, 0.25) is 0 Å². The Morgan fingerprint density at radius 1 is 1.29 bits per heavy atom. The molecule has 0 spiro atoms. The number of piperidine rings is 1. The molecule has 3 heterocycles. The molecule has 3 fully saturated rings. The van der Waals surface area contributed by atoms with E-state index in [0.717, 1.165) is 26.1 Å². The van der Waals surface area contributed by atoms with Gasteiger partial charge in [0.25, 0.3) is 5.91 Å². The Hall–Kier alpha value is -1.26. The highest BCUT2D eigenvalue weighted by molar-refractivity contribution is 6.32. The average molecular weight is 309 g/mol. The van der Waals surface area contributed by atoms with E-state index >= 15 is 0 Å². The normalized spacial score (nSPS) is 25.8. The van der Waals surface area contributed by atoms with Crippen LogP contribution in [0.15, 0.2) is 18.2 Å². The number of hydrogen-bond acceptors (Lipinski definition) is 3. The van der Waals surface area contributed by atoms with Crippen LogP contribution in [0.25, 0.3) is 0 Å². The van der Waals surface area contributed by atoms with Gasteiger partial charge in [-0.25, -0.2) is 0 Å². The number of fused-ring (bicyclic) bond motifs is 4. The number of amides is 1. The molecule has 2 atom stereocenters. The van der Waals surface area contributed by atoms with E-state index < -0.39 is 0 Å². The van der Waals surface area contributed by atoms with Gasteiger partial charge in [-0.2, -0.15) is 0 Å². The molecule has 0 aromatic heterocycles. The Balaban J connectivity index is 1.83. The summed E-state index contributed by atoms with van der Waals surface area (Å²) in [6.07, 6.45) is 2.33. The van der Waals surface area contributed by atoms with Gasteiger partial charge in [0.15, 0.2) is 0 Å². The quantitative estimate of drug-likeness (QED) is 0.841. The van der Waals surface area contributed by atoms with Crippen molar-refractivity contribution in [2.45, 2.75) is 18.9 Å². The zero-order valence-corrected chi connectivity index (χ0v) is 13.3. The number of methoxy groups -OCH3 is 1. The number of likely N-dealkylation sites (N-methyl/N-ethyl adjacent to an activating group) is 1. The number of carbonyl (C=O) groups excluding carboxylic acids is 1. The Morgan fingerprint density at radius 3 is 2.81 bits per heavy atom. The molecule has 0 radical (unpaired) electrons. The highest BCUT2D eigenvalue weighted by Crippen LogP contribution is 2.30. The van der Waals surface area contributed by atoms with Gasteiger partial charge in [0.05, 0.1) is 12.1 Å². The summed E-state index contributed by atoms with van der Waals surface area (Å²) in [5.74, 6) is 1.28. The minimum Gasteiger partial charge on any atom is -0.495 e. The SMILES string of the molecule is COc1ccc(C(=O)N2C[C@@H]3CC[C@H]2CN(C)C3)cc1Cl. The number of hydrogen-bond donors (Lipinski definition) is 0. The van der Waals surface area contributed by atoms with Crippen molar-refractivity contribution in [2.75, 3.05) is 33.8 Å². The molecule has 1 amide bonds. The number of rotatable bonds is 2. The summed E-state index contributed by atoms with van der Waals surface area (Å²) in [4.78, 5) is 17.2. The van der Waals surface area contributed by atoms with Gasteiger partial charge in [-0.05, 0) is 44.0 Å². The maximum absolute atomic E-state index is 12.8. The Labute approximate surface area is 130 Å². The molecule has 21 heavy (non-hydrogen) atoms. The van der Waals surface area contributed by atoms with Crippen molar-refractivity contribution in [2.24, 2.45) is 5.92 Å². The largest absolute Gasteiger partial charge is 0.495 e. The lowest BCUT2D eigenvalue weighted by atomic mass is 9.94. The smallest absolute Gasteiger partial charge is 0.254 e. The van der Waals surface area contributed by atoms with E-state index in [0.29, 0.717) is 28.3 Å². The first-order chi connectivity index (χ1) is 10.1. The summed E-state index contributed by atoms with van der Waals surface area (Å²) in [6.45, 7) is 2.91. The highest BCUT2D eigenvalue weighted by atomic mass is 35.5. The zero-order chi connectivity index (χ0) is 15.0. The van der Waals surface area contributed by atoms with Crippen LogP contribution < -0.4 is 4.74 Å². The van der Waals surface area contributed by atoms with Gasteiger partial charge in [-0.1, -0.05) is 11.6 Å². The van der Waals surface area contributed by atoms with Crippen LogP contribution in [0.1, 0.15) is 23.2 Å². The molecule has 4 rings (SSSR count). The van der Waals surface area contributed by atoms with Crippen molar-refractivity contribution in [1.29, 1.82) is 0 Å². The minimum absolute atomic E-state index is 0.0875. The van der Waals surface area contributed by atoms with Crippen LogP contribution in [0.3, 0.4) is 0 Å². The van der Waals surface area contributed by atoms with Crippen molar-refractivity contribution in [3.8, 4) is 5.75 Å². The van der Waals surface area contributed by atoms with Crippen molar-refractivity contribution in [3.05, 3.63) is 28.8 Å². The third kappa shape index (κ3) is 2.87. The number of nitrogens with zero attached hydrogens (tertiary/aromatic N) is 2. The third-order valence-electron chi connectivity index (χ3n) is 4.56. The van der Waals surface area contributed by atoms with E-state index in [2.05, 4.69) is 11.9 Å². The molecule has 4 nitrogen and oxygen atoms in total. The number of carbonyl (C=O) groups is 1. The van der Waals surface area contributed by atoms with Gasteiger partial charge in [0.1, 0.15) is 5.75 Å². The minimum atomic E-state index is 0.0875. The number of ether oxygens (including phenoxy) is 1. The standard InChI is InChI=1S/C16H21ClN2O2/c1-18-8-11-3-5-13(10-18)19(9-11)16(20)12-4-6-15(21-2)14(17)7-12/h4,6-7,11,13H,3,5,8-10H2,1-2H3/t11-,13+/m1/s1. The third-order valence-corrected chi connectivity index (χ3v) is 4.85. The lowest BCUT2D eigenvalue weighted by molar-refractivity contribution is 0.0587. The molecule has 0 saturated carbocycles. The molecule has 3 saturated heterocycles. The maximum Gasteiger partial charge on any atom is 0.254 e. The van der Waals surface area contributed by atoms with Gasteiger partial charge >= 0.3 is 0 Å². The summed E-state index contributed by atoms with van der Waals surface area (Å²) in [5, 5.41) is 0.487. The molecule has 5 heteroatoms. The molecule has 0 aliphatic carbocycles. The van der Waals surface area contributed by atoms with E-state index in [1.165, 1.54) is 6.42 Å². The van der Waals surface area contributed by atoms with Crippen molar-refractivity contribution in [1.82, 2.24) is 9.80 Å². The molecular formula is C16H21ClN2O2. The predicted molar refractivity (Wildman–Crippen MR) is 83.0 cm³/mol. The maximum atomic E-state index is 12.8. The number of benzene rings is 1. The van der Waals surface area contributed by atoms with Crippen LogP contribution >= 0.6 is 11.6 Å². The van der Waals surface area contributed by atoms with Crippen LogP contribution in [0.4, 0.5) is 0 Å². The predicted octanol–water partition coefficient (Wildman–Crippen LogP) is 2.51. The van der Waals surface area contributed by atoms with Crippen LogP contribution in [-0.4, -0.2) is 55.5 Å². The first-order valence-electron chi connectivity index (χ1n) is 7.41. The molecule has 3 aliphatic heterocycles. The summed E-state index contributed by atoms with van der Waals surface area (Å²) < 4.78 is 5.15. The lowest BCUT2D eigenvalue weighted by Crippen LogP contribution is -2.47. The Morgan fingerprint density at radius 2 is 2.10 bits per heavy atom. The van der Waals surface area contributed by atoms with Crippen LogP contribution in [-0.2, 0) is 0 Å². The van der Waals surface area contributed by atoms with E-state index in [1.54, 1.807) is 25.3 Å². The van der Waals surface area contributed by atoms with E-state index in [4.69, 9.17) is 16.3 Å². The van der Waals surface area contributed by atoms with Crippen molar-refractivity contribution < 1.29 is 9.53 Å². The summed E-state index contributed by atoms with van der Waals surface area (Å²) >= 11 is 6.14. The summed E-state index contributed by atoms with van der Waals surface area (Å²) in [7, 11) is 3.72. The molecule has 1 aromatic carbocycles. The van der Waals surface area contributed by atoms with Crippen molar-refractivity contribution in [3.63, 3.8) is 0 Å². The summed E-state index contributed by atoms with van der Waals surface area (Å²) in [5.41, 5.74) is 0.649. The molecule has 114 valence electrons. The molecule has 1 aromatic rings. The van der Waals surface area contributed by atoms with Crippen molar-refractivity contribution >= 4 is 17.5 Å². The fourth-order valence-corrected chi connectivity index (χ4v) is 3.79. The monoisotopic (exact) mass is 308 g/mol. The Bertz CT molecular complexity index is 549. The molecule has 0 N–H and O–H groups in total. The van der Waals surface area contributed by atoms with Crippen LogP contribution in [0.5, 0.6) is 5.75 Å². The lowest BCUT2D eigenvalue weighted by Gasteiger charge is -2.36. The van der Waals surface area contributed by atoms with Gasteiger partial charge < -0.3 is 14.5 Å². The molecular weight excluding hydrogens is 288 g/mol. The van der Waals surface area contributed by atoms with Gasteiger partial charge in [0, 0.05) is 31.2 Å². The van der Waals surface area contributed by atoms with E-state index in [1.807, 2.05) is 4.90 Å². The average Bonchev–Trinajstić information content (AvgIpc) is 2.75. The van der Waals surface area contributed by atoms with Crippen LogP contribution in [0.2, 0.25) is 5.02 Å². The second-order valence-electron chi connectivity index (χ2n) is 6.13. The molecule has 0 unspecified atom stereocenters. The fraction of sp³-hybridized carbons (Fsp3) is 0.562. The second-order valence-corrected chi connectivity index (χ2v) is 6.53. The van der Waals surface area contributed by atoms with E-state index in [9.17, 15) is 4.79 Å². The zero-order valence-electron chi connectivity index (χ0n) is 12.5.